The van der Waals surface area contributed by atoms with Crippen molar-refractivity contribution in [3.63, 3.8) is 0 Å². The van der Waals surface area contributed by atoms with Crippen LogP contribution in [0.5, 0.6) is 0 Å². The van der Waals surface area contributed by atoms with E-state index in [1.807, 2.05) is 29.8 Å². The summed E-state index contributed by atoms with van der Waals surface area (Å²) in [5, 5.41) is 2.99. The van der Waals surface area contributed by atoms with Gasteiger partial charge in [0.25, 0.3) is 5.91 Å². The summed E-state index contributed by atoms with van der Waals surface area (Å²) in [6.07, 6.45) is 7.05. The summed E-state index contributed by atoms with van der Waals surface area (Å²) < 4.78 is 7.30. The normalized spacial score (nSPS) is 14.1. The Bertz CT molecular complexity index is 965. The number of nitrogens with one attached hydrogen (secondary N) is 1. The molecule has 8 heteroatoms. The molecule has 0 bridgehead atoms. The molecule has 4 rings (SSSR count). The molecule has 1 N–H and O–H groups in total. The van der Waals surface area contributed by atoms with Gasteiger partial charge in [-0.2, -0.15) is 0 Å². The molecule has 1 aliphatic rings. The van der Waals surface area contributed by atoms with Gasteiger partial charge >= 0.3 is 0 Å². The van der Waals surface area contributed by atoms with Gasteiger partial charge in [-0.25, -0.2) is 15.0 Å². The van der Waals surface area contributed by atoms with E-state index in [2.05, 4.69) is 25.2 Å². The van der Waals surface area contributed by atoms with E-state index in [1.165, 1.54) is 0 Å². The molecule has 8 nitrogen and oxygen atoms in total. The number of carbonyl (C=O) groups excluding carboxylic acids is 1. The van der Waals surface area contributed by atoms with Crippen LogP contribution in [0.4, 0.5) is 5.82 Å². The van der Waals surface area contributed by atoms with Crippen molar-refractivity contribution in [2.75, 3.05) is 31.2 Å². The van der Waals surface area contributed by atoms with Gasteiger partial charge in [0.05, 0.1) is 18.8 Å². The number of carbonyl (C=O) groups is 1. The molecule has 3 aromatic heterocycles. The van der Waals surface area contributed by atoms with Gasteiger partial charge in [0.1, 0.15) is 17.5 Å². The van der Waals surface area contributed by atoms with Gasteiger partial charge in [-0.1, -0.05) is 0 Å². The predicted molar refractivity (Wildman–Crippen MR) is 105 cm³/mol. The minimum absolute atomic E-state index is 0.147. The van der Waals surface area contributed by atoms with Gasteiger partial charge in [-0.3, -0.25) is 9.36 Å². The van der Waals surface area contributed by atoms with Crippen molar-refractivity contribution in [3.8, 4) is 5.82 Å². The quantitative estimate of drug-likeness (QED) is 0.728. The SMILES string of the molecule is Cc1nccn1-c1cc(CNC(=O)c2cccnc2N2CCOCC2)ccn1. The first-order valence-electron chi connectivity index (χ1n) is 9.23. The van der Waals surface area contributed by atoms with Crippen molar-refractivity contribution in [2.24, 2.45) is 0 Å². The fourth-order valence-electron chi connectivity index (χ4n) is 3.20. The Labute approximate surface area is 163 Å². The highest BCUT2D eigenvalue weighted by atomic mass is 16.5. The summed E-state index contributed by atoms with van der Waals surface area (Å²) in [4.78, 5) is 27.9. The maximum atomic E-state index is 12.8. The Balaban J connectivity index is 1.48. The second-order valence-electron chi connectivity index (χ2n) is 6.52. The number of hydrogen-bond acceptors (Lipinski definition) is 6. The molecule has 0 saturated carbocycles. The molecule has 0 atom stereocenters. The van der Waals surface area contributed by atoms with E-state index in [4.69, 9.17) is 4.74 Å². The van der Waals surface area contributed by atoms with Gasteiger partial charge in [-0.15, -0.1) is 0 Å². The molecule has 1 saturated heterocycles. The molecule has 144 valence electrons. The van der Waals surface area contributed by atoms with Crippen LogP contribution in [0.2, 0.25) is 0 Å². The van der Waals surface area contributed by atoms with Crippen LogP contribution < -0.4 is 10.2 Å². The van der Waals surface area contributed by atoms with Crippen LogP contribution in [0.15, 0.2) is 49.1 Å². The number of ether oxygens (including phenoxy) is 1. The fraction of sp³-hybridized carbons (Fsp3) is 0.300. The average molecular weight is 378 g/mol. The van der Waals surface area contributed by atoms with Crippen molar-refractivity contribution in [2.45, 2.75) is 13.5 Å². The number of amides is 1. The van der Waals surface area contributed by atoms with E-state index in [1.54, 1.807) is 30.7 Å². The van der Waals surface area contributed by atoms with Crippen molar-refractivity contribution in [3.05, 3.63) is 66.0 Å². The number of anilines is 1. The Hall–Kier alpha value is -3.26. The first-order chi connectivity index (χ1) is 13.7. The molecule has 1 aliphatic heterocycles. The molecule has 0 aromatic carbocycles. The van der Waals surface area contributed by atoms with Gasteiger partial charge in [0.2, 0.25) is 0 Å². The minimum atomic E-state index is -0.147. The second kappa shape index (κ2) is 8.18. The maximum Gasteiger partial charge on any atom is 0.255 e. The van der Waals surface area contributed by atoms with E-state index in [0.29, 0.717) is 31.1 Å². The summed E-state index contributed by atoms with van der Waals surface area (Å²) in [5.74, 6) is 2.19. The zero-order valence-electron chi connectivity index (χ0n) is 15.7. The first kappa shape index (κ1) is 18.1. The minimum Gasteiger partial charge on any atom is -0.378 e. The van der Waals surface area contributed by atoms with E-state index in [9.17, 15) is 4.79 Å². The highest BCUT2D eigenvalue weighted by Gasteiger charge is 2.19. The van der Waals surface area contributed by atoms with Gasteiger partial charge in [0, 0.05) is 44.4 Å². The van der Waals surface area contributed by atoms with Crippen LogP contribution in [0.25, 0.3) is 5.82 Å². The summed E-state index contributed by atoms with van der Waals surface area (Å²) >= 11 is 0. The maximum absolute atomic E-state index is 12.8. The molecular formula is C20H22N6O2. The summed E-state index contributed by atoms with van der Waals surface area (Å²) in [6.45, 7) is 5.08. The number of aryl methyl sites for hydroxylation is 1. The smallest absolute Gasteiger partial charge is 0.255 e. The van der Waals surface area contributed by atoms with Crippen molar-refractivity contribution in [1.29, 1.82) is 0 Å². The lowest BCUT2D eigenvalue weighted by Gasteiger charge is -2.29. The summed E-state index contributed by atoms with van der Waals surface area (Å²) in [5.41, 5.74) is 1.53. The molecule has 4 heterocycles. The molecule has 0 aliphatic carbocycles. The van der Waals surface area contributed by atoms with Gasteiger partial charge in [0.15, 0.2) is 0 Å². The zero-order valence-corrected chi connectivity index (χ0v) is 15.7. The number of hydrogen-bond donors (Lipinski definition) is 1. The highest BCUT2D eigenvalue weighted by molar-refractivity contribution is 5.98. The third-order valence-corrected chi connectivity index (χ3v) is 4.68. The predicted octanol–water partition coefficient (Wildman–Crippen LogP) is 1.74. The highest BCUT2D eigenvalue weighted by Crippen LogP contribution is 2.18. The molecule has 28 heavy (non-hydrogen) atoms. The lowest BCUT2D eigenvalue weighted by molar-refractivity contribution is 0.0949. The van der Waals surface area contributed by atoms with Crippen LogP contribution in [0.3, 0.4) is 0 Å². The molecular weight excluding hydrogens is 356 g/mol. The van der Waals surface area contributed by atoms with Crippen molar-refractivity contribution in [1.82, 2.24) is 24.8 Å². The third kappa shape index (κ3) is 3.86. The molecule has 1 amide bonds. The average Bonchev–Trinajstić information content (AvgIpc) is 3.19. The van der Waals surface area contributed by atoms with Gasteiger partial charge in [-0.05, 0) is 36.8 Å². The van der Waals surface area contributed by atoms with Crippen LogP contribution in [0.1, 0.15) is 21.7 Å². The largest absolute Gasteiger partial charge is 0.378 e. The first-order valence-corrected chi connectivity index (χ1v) is 9.23. The lowest BCUT2D eigenvalue weighted by Crippen LogP contribution is -2.38. The topological polar surface area (TPSA) is 85.2 Å². The number of pyridine rings is 2. The second-order valence-corrected chi connectivity index (χ2v) is 6.52. The molecule has 1 fully saturated rings. The van der Waals surface area contributed by atoms with E-state index >= 15 is 0 Å². The van der Waals surface area contributed by atoms with Crippen LogP contribution in [-0.2, 0) is 11.3 Å². The number of aromatic nitrogens is 4. The summed E-state index contributed by atoms with van der Waals surface area (Å²) in [7, 11) is 0. The summed E-state index contributed by atoms with van der Waals surface area (Å²) in [6, 6.07) is 7.43. The van der Waals surface area contributed by atoms with E-state index in [-0.39, 0.29) is 5.91 Å². The number of imidazole rings is 1. The van der Waals surface area contributed by atoms with Gasteiger partial charge < -0.3 is 15.0 Å². The van der Waals surface area contributed by atoms with Crippen LogP contribution in [-0.4, -0.2) is 51.7 Å². The van der Waals surface area contributed by atoms with Crippen LogP contribution in [0, 0.1) is 6.92 Å². The number of rotatable bonds is 5. The number of nitrogens with zero attached hydrogens (tertiary/aromatic N) is 5. The number of morpholine rings is 1. The third-order valence-electron chi connectivity index (χ3n) is 4.68. The van der Waals surface area contributed by atoms with Crippen molar-refractivity contribution < 1.29 is 9.53 Å². The lowest BCUT2D eigenvalue weighted by atomic mass is 10.2. The Morgan fingerprint density at radius 2 is 2.00 bits per heavy atom. The zero-order chi connectivity index (χ0) is 19.3. The van der Waals surface area contributed by atoms with Crippen LogP contribution >= 0.6 is 0 Å². The monoisotopic (exact) mass is 378 g/mol. The Kier molecular flexibility index (Phi) is 5.29. The molecule has 0 spiro atoms. The molecule has 0 unspecified atom stereocenters. The Morgan fingerprint density at radius 3 is 2.79 bits per heavy atom. The van der Waals surface area contributed by atoms with Crippen molar-refractivity contribution >= 4 is 11.7 Å². The Morgan fingerprint density at radius 1 is 1.14 bits per heavy atom. The molecule has 0 radical (unpaired) electrons. The molecule has 3 aromatic rings. The van der Waals surface area contributed by atoms with E-state index in [0.717, 1.165) is 30.3 Å². The fourth-order valence-corrected chi connectivity index (χ4v) is 3.20. The van der Waals surface area contributed by atoms with E-state index < -0.39 is 0 Å². The standard InChI is InChI=1S/C20H22N6O2/c1-15-21-7-8-26(15)18-13-16(4-6-22-18)14-24-20(27)17-3-2-5-23-19(17)25-9-11-28-12-10-25/h2-8,13H,9-12,14H2,1H3,(H,24,27).